The van der Waals surface area contributed by atoms with Gasteiger partial charge in [0.15, 0.2) is 5.82 Å². The van der Waals surface area contributed by atoms with Gasteiger partial charge in [-0.3, -0.25) is 4.79 Å². The molecule has 144 valence electrons. The highest BCUT2D eigenvalue weighted by atomic mass is 19.4. The Balaban J connectivity index is 1.51. The number of hydrogen-bond donors (Lipinski definition) is 1. The van der Waals surface area contributed by atoms with Crippen molar-refractivity contribution in [2.75, 3.05) is 5.32 Å². The smallest absolute Gasteiger partial charge is 0.308 e. The Morgan fingerprint density at radius 1 is 1.04 bits per heavy atom. The van der Waals surface area contributed by atoms with Crippen molar-refractivity contribution in [2.45, 2.75) is 24.4 Å². The molecule has 0 aliphatic heterocycles. The van der Waals surface area contributed by atoms with Gasteiger partial charge < -0.3 is 5.32 Å². The Kier molecular flexibility index (Phi) is 4.21. The van der Waals surface area contributed by atoms with E-state index in [1.165, 1.54) is 35.1 Å². The van der Waals surface area contributed by atoms with E-state index in [0.717, 1.165) is 12.1 Å². The van der Waals surface area contributed by atoms with Crippen LogP contribution in [0.25, 0.3) is 5.69 Å². The van der Waals surface area contributed by atoms with Crippen molar-refractivity contribution >= 4 is 11.7 Å². The van der Waals surface area contributed by atoms with Crippen LogP contribution in [0.4, 0.5) is 23.4 Å². The molecule has 28 heavy (non-hydrogen) atoms. The number of aromatic nitrogens is 2. The Morgan fingerprint density at radius 2 is 1.71 bits per heavy atom. The number of nitrogens with zero attached hydrogens (tertiary/aromatic N) is 2. The third-order valence-corrected chi connectivity index (χ3v) is 4.86. The van der Waals surface area contributed by atoms with Gasteiger partial charge in [-0.25, -0.2) is 9.07 Å². The van der Waals surface area contributed by atoms with E-state index in [-0.39, 0.29) is 11.7 Å². The molecule has 1 aromatic heterocycles. The number of alkyl halides is 3. The molecule has 1 saturated carbocycles. The van der Waals surface area contributed by atoms with Crippen LogP contribution < -0.4 is 5.32 Å². The summed E-state index contributed by atoms with van der Waals surface area (Å²) in [7, 11) is 0. The second-order valence-corrected chi connectivity index (χ2v) is 6.71. The number of nitrogens with one attached hydrogen (secondary N) is 1. The number of anilines is 1. The Bertz CT molecular complexity index is 1020. The van der Waals surface area contributed by atoms with Gasteiger partial charge in [-0.1, -0.05) is 18.2 Å². The fourth-order valence-electron chi connectivity index (χ4n) is 3.17. The largest absolute Gasteiger partial charge is 0.416 e. The molecule has 4 nitrogen and oxygen atoms in total. The molecule has 2 aromatic carbocycles. The average molecular weight is 389 g/mol. The van der Waals surface area contributed by atoms with Crippen LogP contribution in [-0.2, 0) is 16.4 Å². The zero-order valence-electron chi connectivity index (χ0n) is 14.5. The molecule has 1 aliphatic carbocycles. The number of amides is 1. The predicted molar refractivity (Wildman–Crippen MR) is 94.5 cm³/mol. The summed E-state index contributed by atoms with van der Waals surface area (Å²) < 4.78 is 53.4. The quantitative estimate of drug-likeness (QED) is 0.658. The van der Waals surface area contributed by atoms with E-state index in [4.69, 9.17) is 0 Å². The first-order chi connectivity index (χ1) is 13.3. The van der Waals surface area contributed by atoms with E-state index < -0.39 is 23.0 Å². The van der Waals surface area contributed by atoms with Crippen molar-refractivity contribution in [1.29, 1.82) is 0 Å². The normalized spacial score (nSPS) is 15.3. The van der Waals surface area contributed by atoms with Crippen molar-refractivity contribution < 1.29 is 22.4 Å². The van der Waals surface area contributed by atoms with Gasteiger partial charge in [0.1, 0.15) is 5.82 Å². The minimum Gasteiger partial charge on any atom is -0.308 e. The van der Waals surface area contributed by atoms with Gasteiger partial charge in [-0.2, -0.15) is 18.3 Å². The molecule has 1 N–H and O–H groups in total. The molecule has 4 rings (SSSR count). The number of benzene rings is 2. The first-order valence-corrected chi connectivity index (χ1v) is 8.59. The van der Waals surface area contributed by atoms with Crippen LogP contribution in [0.5, 0.6) is 0 Å². The molecule has 1 aliphatic rings. The number of carbonyl (C=O) groups is 1. The molecule has 0 atom stereocenters. The summed E-state index contributed by atoms with van der Waals surface area (Å²) in [4.78, 5) is 12.7. The van der Waals surface area contributed by atoms with Gasteiger partial charge in [-0.05, 0) is 43.2 Å². The molecule has 3 aromatic rings. The first kappa shape index (κ1) is 18.2. The van der Waals surface area contributed by atoms with Crippen LogP contribution in [0.15, 0.2) is 60.8 Å². The Morgan fingerprint density at radius 3 is 2.32 bits per heavy atom. The number of rotatable bonds is 4. The number of halogens is 4. The van der Waals surface area contributed by atoms with E-state index in [0.29, 0.717) is 24.1 Å². The molecule has 0 spiro atoms. The van der Waals surface area contributed by atoms with Crippen LogP contribution in [0.1, 0.15) is 24.0 Å². The highest BCUT2D eigenvalue weighted by Gasteiger charge is 2.52. The van der Waals surface area contributed by atoms with Gasteiger partial charge in [0.05, 0.1) is 16.7 Å². The van der Waals surface area contributed by atoms with Gasteiger partial charge >= 0.3 is 6.18 Å². The van der Waals surface area contributed by atoms with Crippen molar-refractivity contribution in [1.82, 2.24) is 9.78 Å². The molecular weight excluding hydrogens is 374 g/mol. The summed E-state index contributed by atoms with van der Waals surface area (Å²) in [6, 6.07) is 12.2. The third-order valence-electron chi connectivity index (χ3n) is 4.86. The van der Waals surface area contributed by atoms with Crippen molar-refractivity contribution in [3.8, 4) is 5.69 Å². The van der Waals surface area contributed by atoms with E-state index in [2.05, 4.69) is 10.4 Å². The Labute approximate surface area is 157 Å². The highest BCUT2D eigenvalue weighted by Crippen LogP contribution is 2.49. The number of carbonyl (C=O) groups excluding carboxylic acids is 1. The van der Waals surface area contributed by atoms with Crippen molar-refractivity contribution in [3.63, 3.8) is 0 Å². The lowest BCUT2D eigenvalue weighted by atomic mass is 9.94. The number of hydrogen-bond acceptors (Lipinski definition) is 2. The predicted octanol–water partition coefficient (Wildman–Crippen LogP) is 4.70. The minimum atomic E-state index is -4.41. The monoisotopic (exact) mass is 389 g/mol. The van der Waals surface area contributed by atoms with Crippen LogP contribution >= 0.6 is 0 Å². The maximum Gasteiger partial charge on any atom is 0.416 e. The molecule has 8 heteroatoms. The summed E-state index contributed by atoms with van der Waals surface area (Å²) in [6.07, 6.45) is -1.80. The summed E-state index contributed by atoms with van der Waals surface area (Å²) in [5, 5.41) is 6.86. The van der Waals surface area contributed by atoms with Crippen LogP contribution in [-0.4, -0.2) is 15.7 Å². The topological polar surface area (TPSA) is 46.9 Å². The summed E-state index contributed by atoms with van der Waals surface area (Å²) in [5.41, 5.74) is -0.875. The molecule has 0 saturated heterocycles. The Hall–Kier alpha value is -3.16. The van der Waals surface area contributed by atoms with E-state index >= 15 is 0 Å². The van der Waals surface area contributed by atoms with E-state index in [1.807, 2.05) is 0 Å². The molecule has 0 bridgehead atoms. The van der Waals surface area contributed by atoms with Crippen LogP contribution in [0.2, 0.25) is 0 Å². The molecule has 0 radical (unpaired) electrons. The minimum absolute atomic E-state index is 0.243. The lowest BCUT2D eigenvalue weighted by Gasteiger charge is -2.15. The maximum absolute atomic E-state index is 14.1. The molecule has 0 unspecified atom stereocenters. The maximum atomic E-state index is 14.1. The van der Waals surface area contributed by atoms with Crippen molar-refractivity contribution in [3.05, 3.63) is 77.7 Å². The SMILES string of the molecule is O=C(Nc1ccn(-c2ccc(C(F)(F)F)cc2)n1)C1(c2ccccc2F)CC1. The summed E-state index contributed by atoms with van der Waals surface area (Å²) >= 11 is 0. The standard InChI is InChI=1S/C20H15F4N3O/c21-16-4-2-1-3-15(16)19(10-11-19)18(28)25-17-9-12-27(26-17)14-7-5-13(6-8-14)20(22,23)24/h1-9,12H,10-11H2,(H,25,26,28). The van der Waals surface area contributed by atoms with Crippen molar-refractivity contribution in [2.24, 2.45) is 0 Å². The lowest BCUT2D eigenvalue weighted by molar-refractivity contribution is -0.137. The zero-order valence-corrected chi connectivity index (χ0v) is 14.5. The zero-order chi connectivity index (χ0) is 19.9. The van der Waals surface area contributed by atoms with Gasteiger partial charge in [-0.15, -0.1) is 0 Å². The average Bonchev–Trinajstić information content (AvgIpc) is 3.34. The van der Waals surface area contributed by atoms with Crippen LogP contribution in [0.3, 0.4) is 0 Å². The second-order valence-electron chi connectivity index (χ2n) is 6.71. The van der Waals surface area contributed by atoms with E-state index in [1.54, 1.807) is 18.2 Å². The fraction of sp³-hybridized carbons (Fsp3) is 0.200. The molecule has 1 fully saturated rings. The van der Waals surface area contributed by atoms with Gasteiger partial charge in [0.2, 0.25) is 5.91 Å². The molecule has 1 heterocycles. The second kappa shape index (κ2) is 6.47. The highest BCUT2D eigenvalue weighted by molar-refractivity contribution is 6.00. The lowest BCUT2D eigenvalue weighted by Crippen LogP contribution is -2.29. The molecule has 1 amide bonds. The first-order valence-electron chi connectivity index (χ1n) is 8.59. The summed E-state index contributed by atoms with van der Waals surface area (Å²) in [5.74, 6) is -0.534. The van der Waals surface area contributed by atoms with Gasteiger partial charge in [0, 0.05) is 17.8 Å². The third kappa shape index (κ3) is 3.26. The van der Waals surface area contributed by atoms with Gasteiger partial charge in [0.25, 0.3) is 0 Å². The molecular formula is C20H15F4N3O. The fourth-order valence-corrected chi connectivity index (χ4v) is 3.17. The summed E-state index contributed by atoms with van der Waals surface area (Å²) in [6.45, 7) is 0. The van der Waals surface area contributed by atoms with Crippen LogP contribution in [0, 0.1) is 5.82 Å². The van der Waals surface area contributed by atoms with E-state index in [9.17, 15) is 22.4 Å².